The maximum absolute atomic E-state index is 3.69. The molecule has 0 amide bonds. The number of aryl methyl sites for hydroxylation is 1. The van der Waals surface area contributed by atoms with Crippen molar-refractivity contribution in [3.05, 3.63) is 63.6 Å². The first-order chi connectivity index (χ1) is 13.7. The average Bonchev–Trinajstić information content (AvgIpc) is 2.72. The van der Waals surface area contributed by atoms with Crippen molar-refractivity contribution in [2.24, 2.45) is 5.92 Å². The first kappa shape index (κ1) is 22.0. The summed E-state index contributed by atoms with van der Waals surface area (Å²) in [7, 11) is 0. The van der Waals surface area contributed by atoms with E-state index in [9.17, 15) is 0 Å². The van der Waals surface area contributed by atoms with Crippen LogP contribution < -0.4 is 0 Å². The van der Waals surface area contributed by atoms with Crippen LogP contribution in [-0.2, 0) is 5.75 Å². The molecule has 0 aliphatic heterocycles. The maximum Gasteiger partial charge on any atom is 0.0313 e. The fourth-order valence-corrected chi connectivity index (χ4v) is 6.13. The lowest BCUT2D eigenvalue weighted by molar-refractivity contribution is 0.302. The van der Waals surface area contributed by atoms with Crippen molar-refractivity contribution in [3.8, 4) is 0 Å². The highest BCUT2D eigenvalue weighted by Gasteiger charge is 2.22. The molecule has 0 nitrogen and oxygen atoms in total. The molecular weight excluding hydrogens is 424 g/mol. The summed E-state index contributed by atoms with van der Waals surface area (Å²) in [6, 6.07) is 16.1. The molecule has 152 valence electrons. The second-order valence-electron chi connectivity index (χ2n) is 8.53. The Morgan fingerprint density at radius 3 is 2.36 bits per heavy atom. The van der Waals surface area contributed by atoms with Crippen LogP contribution in [0.4, 0.5) is 0 Å². The standard InChI is InChI=1S/C26H35BrS/c1-3-4-5-6-7-21-9-13-23(14-10-21)24-15-11-22(12-16-24)19-28-26-17-8-20(2)18-25(26)27/h8,11-12,15-18,21,23H,3-7,9-10,13-14,19H2,1-2H3/t21-,23-. The zero-order chi connectivity index (χ0) is 19.8. The Balaban J connectivity index is 1.44. The summed E-state index contributed by atoms with van der Waals surface area (Å²) in [6.45, 7) is 4.44. The summed E-state index contributed by atoms with van der Waals surface area (Å²) in [5.41, 5.74) is 4.29. The van der Waals surface area contributed by atoms with Gasteiger partial charge in [0.05, 0.1) is 0 Å². The zero-order valence-corrected chi connectivity index (χ0v) is 20.0. The molecule has 0 atom stereocenters. The van der Waals surface area contributed by atoms with Crippen LogP contribution in [0.3, 0.4) is 0 Å². The first-order valence-electron chi connectivity index (χ1n) is 11.1. The lowest BCUT2D eigenvalue weighted by Crippen LogP contribution is -2.13. The Morgan fingerprint density at radius 2 is 1.68 bits per heavy atom. The lowest BCUT2D eigenvalue weighted by atomic mass is 9.77. The zero-order valence-electron chi connectivity index (χ0n) is 17.6. The largest absolute Gasteiger partial charge is 0.120 e. The van der Waals surface area contributed by atoms with Gasteiger partial charge in [-0.1, -0.05) is 69.4 Å². The minimum atomic E-state index is 0.792. The highest BCUT2D eigenvalue weighted by molar-refractivity contribution is 9.10. The van der Waals surface area contributed by atoms with E-state index in [0.29, 0.717) is 0 Å². The van der Waals surface area contributed by atoms with E-state index in [0.717, 1.165) is 17.6 Å². The molecule has 2 aromatic carbocycles. The van der Waals surface area contributed by atoms with Crippen molar-refractivity contribution in [3.63, 3.8) is 0 Å². The van der Waals surface area contributed by atoms with E-state index in [-0.39, 0.29) is 0 Å². The van der Waals surface area contributed by atoms with E-state index >= 15 is 0 Å². The summed E-state index contributed by atoms with van der Waals surface area (Å²) in [5.74, 6) is 2.82. The van der Waals surface area contributed by atoms with Gasteiger partial charge in [0.15, 0.2) is 0 Å². The quantitative estimate of drug-likeness (QED) is 0.266. The van der Waals surface area contributed by atoms with E-state index in [4.69, 9.17) is 0 Å². The molecule has 0 unspecified atom stereocenters. The van der Waals surface area contributed by atoms with E-state index < -0.39 is 0 Å². The van der Waals surface area contributed by atoms with Gasteiger partial charge in [-0.05, 0) is 89.2 Å². The molecule has 1 aliphatic rings. The summed E-state index contributed by atoms with van der Waals surface area (Å²) in [4.78, 5) is 1.33. The van der Waals surface area contributed by atoms with Crippen molar-refractivity contribution in [2.45, 2.75) is 88.2 Å². The highest BCUT2D eigenvalue weighted by Crippen LogP contribution is 2.38. The van der Waals surface area contributed by atoms with Crippen LogP contribution in [0.15, 0.2) is 51.8 Å². The van der Waals surface area contributed by atoms with Gasteiger partial charge in [0.2, 0.25) is 0 Å². The van der Waals surface area contributed by atoms with Crippen molar-refractivity contribution in [1.82, 2.24) is 0 Å². The van der Waals surface area contributed by atoms with Crippen molar-refractivity contribution in [2.75, 3.05) is 0 Å². The monoisotopic (exact) mass is 458 g/mol. The van der Waals surface area contributed by atoms with Crippen molar-refractivity contribution < 1.29 is 0 Å². The van der Waals surface area contributed by atoms with Gasteiger partial charge < -0.3 is 0 Å². The molecule has 0 heterocycles. The van der Waals surface area contributed by atoms with Crippen LogP contribution in [0.25, 0.3) is 0 Å². The van der Waals surface area contributed by atoms with Gasteiger partial charge >= 0.3 is 0 Å². The summed E-state index contributed by atoms with van der Waals surface area (Å²) >= 11 is 5.61. The van der Waals surface area contributed by atoms with E-state index in [1.54, 1.807) is 5.56 Å². The van der Waals surface area contributed by atoms with Crippen LogP contribution in [-0.4, -0.2) is 0 Å². The van der Waals surface area contributed by atoms with Crippen LogP contribution in [0.1, 0.15) is 87.3 Å². The SMILES string of the molecule is CCCCCC[C@H]1CC[C@H](c2ccc(CSc3ccc(C)cc3Br)cc2)CC1. The van der Waals surface area contributed by atoms with Gasteiger partial charge in [0.1, 0.15) is 0 Å². The molecule has 0 spiro atoms. The second kappa shape index (κ2) is 11.5. The fourth-order valence-electron chi connectivity index (χ4n) is 4.41. The topological polar surface area (TPSA) is 0 Å². The fraction of sp³-hybridized carbons (Fsp3) is 0.538. The number of benzene rings is 2. The van der Waals surface area contributed by atoms with Crippen molar-refractivity contribution >= 4 is 27.7 Å². The smallest absolute Gasteiger partial charge is 0.0313 e. The Hall–Kier alpha value is -0.730. The third kappa shape index (κ3) is 6.66. The predicted octanol–water partition coefficient (Wildman–Crippen LogP) is 9.29. The summed E-state index contributed by atoms with van der Waals surface area (Å²) < 4.78 is 1.21. The third-order valence-corrected chi connectivity index (χ3v) is 8.31. The predicted molar refractivity (Wildman–Crippen MR) is 128 cm³/mol. The number of rotatable bonds is 9. The van der Waals surface area contributed by atoms with Gasteiger partial charge in [-0.3, -0.25) is 0 Å². The van der Waals surface area contributed by atoms with Crippen LogP contribution in [0.2, 0.25) is 0 Å². The Morgan fingerprint density at radius 1 is 0.929 bits per heavy atom. The summed E-state index contributed by atoms with van der Waals surface area (Å²) in [6.07, 6.45) is 12.8. The Kier molecular flexibility index (Phi) is 8.99. The van der Waals surface area contributed by atoms with Crippen molar-refractivity contribution in [1.29, 1.82) is 0 Å². The molecule has 0 saturated heterocycles. The molecule has 2 aromatic rings. The molecule has 0 N–H and O–H groups in total. The lowest BCUT2D eigenvalue weighted by Gasteiger charge is -2.29. The second-order valence-corrected chi connectivity index (χ2v) is 10.4. The molecule has 28 heavy (non-hydrogen) atoms. The summed E-state index contributed by atoms with van der Waals surface area (Å²) in [5, 5.41) is 0. The van der Waals surface area contributed by atoms with Crippen LogP contribution >= 0.6 is 27.7 Å². The number of unbranched alkanes of at least 4 members (excludes halogenated alkanes) is 3. The molecule has 1 fully saturated rings. The highest BCUT2D eigenvalue weighted by atomic mass is 79.9. The number of halogens is 1. The maximum atomic E-state index is 3.69. The van der Waals surface area contributed by atoms with Gasteiger partial charge in [0, 0.05) is 15.1 Å². The van der Waals surface area contributed by atoms with Gasteiger partial charge in [-0.2, -0.15) is 0 Å². The Labute approximate surface area is 185 Å². The molecule has 1 aliphatic carbocycles. The number of hydrogen-bond acceptors (Lipinski definition) is 1. The molecule has 3 rings (SSSR count). The molecule has 2 heteroatoms. The van der Waals surface area contributed by atoms with Gasteiger partial charge in [-0.25, -0.2) is 0 Å². The minimum Gasteiger partial charge on any atom is -0.120 e. The van der Waals surface area contributed by atoms with E-state index in [2.05, 4.69) is 72.2 Å². The molecule has 1 saturated carbocycles. The van der Waals surface area contributed by atoms with Crippen LogP contribution in [0, 0.1) is 12.8 Å². The van der Waals surface area contributed by atoms with Gasteiger partial charge in [0.25, 0.3) is 0 Å². The average molecular weight is 460 g/mol. The normalized spacial score (nSPS) is 19.7. The van der Waals surface area contributed by atoms with Crippen LogP contribution in [0.5, 0.6) is 0 Å². The van der Waals surface area contributed by atoms with E-state index in [1.807, 2.05) is 11.8 Å². The first-order valence-corrected chi connectivity index (χ1v) is 12.9. The molecule has 0 aromatic heterocycles. The molecular formula is C26H35BrS. The Bertz CT molecular complexity index is 714. The number of hydrogen-bond donors (Lipinski definition) is 0. The minimum absolute atomic E-state index is 0.792. The molecule has 0 radical (unpaired) electrons. The van der Waals surface area contributed by atoms with Gasteiger partial charge in [-0.15, -0.1) is 11.8 Å². The number of thioether (sulfide) groups is 1. The molecule has 0 bridgehead atoms. The third-order valence-electron chi connectivity index (χ3n) is 6.25. The van der Waals surface area contributed by atoms with E-state index in [1.165, 1.54) is 78.3 Å².